The molecule has 0 saturated heterocycles. The first-order chi connectivity index (χ1) is 9.37. The monoisotopic (exact) mass is 279 g/mol. The van der Waals surface area contributed by atoms with E-state index in [0.29, 0.717) is 6.04 Å². The molecule has 1 heterocycles. The van der Waals surface area contributed by atoms with Crippen molar-refractivity contribution in [3.8, 4) is 0 Å². The maximum absolute atomic E-state index is 11.8. The molecule has 0 aliphatic heterocycles. The maximum Gasteiger partial charge on any atom is 0.408 e. The molecule has 112 valence electrons. The van der Waals surface area contributed by atoms with Gasteiger partial charge in [-0.15, -0.1) is 0 Å². The van der Waals surface area contributed by atoms with Crippen molar-refractivity contribution >= 4 is 6.09 Å². The zero-order valence-corrected chi connectivity index (χ0v) is 12.8. The first-order valence-corrected chi connectivity index (χ1v) is 7.38. The Kier molecular flexibility index (Phi) is 4.35. The van der Waals surface area contributed by atoms with E-state index in [2.05, 4.69) is 14.9 Å². The number of amides is 1. The third kappa shape index (κ3) is 3.74. The van der Waals surface area contributed by atoms with E-state index in [1.165, 1.54) is 25.7 Å². The SMILES string of the molecule is C[C@H](NC(=O)OC(C)(C)C)c1cncn1C1CCCC1. The van der Waals surface area contributed by atoms with Crippen LogP contribution in [0.1, 0.15) is 71.2 Å². The summed E-state index contributed by atoms with van der Waals surface area (Å²) in [5.41, 5.74) is 0.568. The average Bonchev–Trinajstić information content (AvgIpc) is 2.97. The molecule has 1 aromatic rings. The van der Waals surface area contributed by atoms with Crippen molar-refractivity contribution in [2.24, 2.45) is 0 Å². The van der Waals surface area contributed by atoms with E-state index in [-0.39, 0.29) is 12.1 Å². The molecule has 0 bridgehead atoms. The van der Waals surface area contributed by atoms with Crippen LogP contribution in [0.5, 0.6) is 0 Å². The summed E-state index contributed by atoms with van der Waals surface area (Å²) in [5, 5.41) is 2.88. The first-order valence-electron chi connectivity index (χ1n) is 7.38. The Balaban J connectivity index is 2.00. The molecule has 1 amide bonds. The van der Waals surface area contributed by atoms with Crippen molar-refractivity contribution in [2.45, 2.75) is 71.1 Å². The molecular formula is C15H25N3O2. The van der Waals surface area contributed by atoms with Crippen molar-refractivity contribution in [3.63, 3.8) is 0 Å². The van der Waals surface area contributed by atoms with Gasteiger partial charge in [0.1, 0.15) is 5.60 Å². The van der Waals surface area contributed by atoms with Crippen LogP contribution >= 0.6 is 0 Å². The van der Waals surface area contributed by atoms with E-state index in [0.717, 1.165) is 5.69 Å². The van der Waals surface area contributed by atoms with Crippen LogP contribution in [0.2, 0.25) is 0 Å². The molecule has 0 unspecified atom stereocenters. The molecule has 1 N–H and O–H groups in total. The highest BCUT2D eigenvalue weighted by atomic mass is 16.6. The smallest absolute Gasteiger partial charge is 0.408 e. The zero-order valence-electron chi connectivity index (χ0n) is 12.8. The molecule has 0 radical (unpaired) electrons. The van der Waals surface area contributed by atoms with Gasteiger partial charge in [0.25, 0.3) is 0 Å². The zero-order chi connectivity index (χ0) is 14.8. The Morgan fingerprint density at radius 1 is 1.45 bits per heavy atom. The minimum Gasteiger partial charge on any atom is -0.444 e. The molecule has 2 rings (SSSR count). The van der Waals surface area contributed by atoms with Crippen LogP contribution in [-0.4, -0.2) is 21.2 Å². The van der Waals surface area contributed by atoms with Crippen LogP contribution in [0.15, 0.2) is 12.5 Å². The predicted molar refractivity (Wildman–Crippen MR) is 77.5 cm³/mol. The van der Waals surface area contributed by atoms with Gasteiger partial charge in [0.05, 0.1) is 24.3 Å². The number of aromatic nitrogens is 2. The fourth-order valence-corrected chi connectivity index (χ4v) is 2.70. The summed E-state index contributed by atoms with van der Waals surface area (Å²) in [7, 11) is 0. The van der Waals surface area contributed by atoms with Crippen molar-refractivity contribution in [3.05, 3.63) is 18.2 Å². The fourth-order valence-electron chi connectivity index (χ4n) is 2.70. The number of carbonyl (C=O) groups excluding carboxylic acids is 1. The molecule has 5 nitrogen and oxygen atoms in total. The predicted octanol–water partition coefficient (Wildman–Crippen LogP) is 3.58. The molecule has 5 heteroatoms. The lowest BCUT2D eigenvalue weighted by Crippen LogP contribution is -2.34. The molecule has 1 aliphatic carbocycles. The fraction of sp³-hybridized carbons (Fsp3) is 0.733. The number of alkyl carbamates (subject to hydrolysis) is 1. The summed E-state index contributed by atoms with van der Waals surface area (Å²) in [4.78, 5) is 16.1. The van der Waals surface area contributed by atoms with Crippen LogP contribution in [0.25, 0.3) is 0 Å². The second-order valence-corrected chi connectivity index (χ2v) is 6.53. The molecule has 0 spiro atoms. The highest BCUT2D eigenvalue weighted by Crippen LogP contribution is 2.31. The number of hydrogen-bond donors (Lipinski definition) is 1. The third-order valence-electron chi connectivity index (χ3n) is 3.59. The van der Waals surface area contributed by atoms with E-state index in [1.54, 1.807) is 0 Å². The molecule has 1 saturated carbocycles. The van der Waals surface area contributed by atoms with Gasteiger partial charge in [0.15, 0.2) is 0 Å². The van der Waals surface area contributed by atoms with E-state index < -0.39 is 5.60 Å². The van der Waals surface area contributed by atoms with Crippen molar-refractivity contribution in [1.29, 1.82) is 0 Å². The summed E-state index contributed by atoms with van der Waals surface area (Å²) >= 11 is 0. The van der Waals surface area contributed by atoms with Gasteiger partial charge in [-0.1, -0.05) is 12.8 Å². The Hall–Kier alpha value is -1.52. The topological polar surface area (TPSA) is 56.1 Å². The van der Waals surface area contributed by atoms with Gasteiger partial charge in [-0.05, 0) is 40.5 Å². The average molecular weight is 279 g/mol. The Morgan fingerprint density at radius 3 is 2.70 bits per heavy atom. The lowest BCUT2D eigenvalue weighted by molar-refractivity contribution is 0.0505. The molecule has 20 heavy (non-hydrogen) atoms. The van der Waals surface area contributed by atoms with E-state index >= 15 is 0 Å². The molecule has 1 aromatic heterocycles. The van der Waals surface area contributed by atoms with Gasteiger partial charge in [0.2, 0.25) is 0 Å². The number of ether oxygens (including phenoxy) is 1. The molecule has 1 aliphatic rings. The largest absolute Gasteiger partial charge is 0.444 e. The minimum atomic E-state index is -0.477. The maximum atomic E-state index is 11.8. The number of nitrogens with one attached hydrogen (secondary N) is 1. The van der Waals surface area contributed by atoms with Crippen LogP contribution in [0, 0.1) is 0 Å². The second-order valence-electron chi connectivity index (χ2n) is 6.53. The highest BCUT2D eigenvalue weighted by Gasteiger charge is 2.23. The summed E-state index contributed by atoms with van der Waals surface area (Å²) < 4.78 is 7.50. The second kappa shape index (κ2) is 5.85. The number of carbonyl (C=O) groups is 1. The third-order valence-corrected chi connectivity index (χ3v) is 3.59. The molecular weight excluding hydrogens is 254 g/mol. The van der Waals surface area contributed by atoms with Gasteiger partial charge >= 0.3 is 6.09 Å². The summed E-state index contributed by atoms with van der Waals surface area (Å²) in [6.45, 7) is 7.55. The molecule has 1 fully saturated rings. The number of hydrogen-bond acceptors (Lipinski definition) is 3. The van der Waals surface area contributed by atoms with Crippen molar-refractivity contribution in [1.82, 2.24) is 14.9 Å². The van der Waals surface area contributed by atoms with Crippen LogP contribution in [-0.2, 0) is 4.74 Å². The van der Waals surface area contributed by atoms with Crippen molar-refractivity contribution < 1.29 is 9.53 Å². The van der Waals surface area contributed by atoms with E-state index in [4.69, 9.17) is 4.74 Å². The van der Waals surface area contributed by atoms with Gasteiger partial charge in [-0.3, -0.25) is 0 Å². The lowest BCUT2D eigenvalue weighted by Gasteiger charge is -2.23. The number of rotatable bonds is 3. The normalized spacial score (nSPS) is 18.0. The van der Waals surface area contributed by atoms with Gasteiger partial charge in [0, 0.05) is 6.04 Å². The summed E-state index contributed by atoms with van der Waals surface area (Å²) in [6.07, 6.45) is 8.26. The molecule has 0 aromatic carbocycles. The first kappa shape index (κ1) is 14.9. The standard InChI is InChI=1S/C15H25N3O2/c1-11(17-14(19)20-15(2,3)4)13-9-16-10-18(13)12-7-5-6-8-12/h9-12H,5-8H2,1-4H3,(H,17,19)/t11-/m0/s1. The van der Waals surface area contributed by atoms with Gasteiger partial charge in [-0.25, -0.2) is 9.78 Å². The van der Waals surface area contributed by atoms with Crippen LogP contribution in [0.4, 0.5) is 4.79 Å². The van der Waals surface area contributed by atoms with Crippen LogP contribution < -0.4 is 5.32 Å². The van der Waals surface area contributed by atoms with Gasteiger partial charge in [-0.2, -0.15) is 0 Å². The number of imidazole rings is 1. The highest BCUT2D eigenvalue weighted by molar-refractivity contribution is 5.68. The Morgan fingerprint density at radius 2 is 2.10 bits per heavy atom. The number of nitrogens with zero attached hydrogens (tertiary/aromatic N) is 2. The quantitative estimate of drug-likeness (QED) is 0.920. The van der Waals surface area contributed by atoms with E-state index in [1.807, 2.05) is 40.2 Å². The summed E-state index contributed by atoms with van der Waals surface area (Å²) in [5.74, 6) is 0. The van der Waals surface area contributed by atoms with Crippen molar-refractivity contribution in [2.75, 3.05) is 0 Å². The minimum absolute atomic E-state index is 0.104. The Bertz CT molecular complexity index is 456. The Labute approximate surface area is 120 Å². The van der Waals surface area contributed by atoms with Crippen LogP contribution in [0.3, 0.4) is 0 Å². The van der Waals surface area contributed by atoms with Gasteiger partial charge < -0.3 is 14.6 Å². The summed E-state index contributed by atoms with van der Waals surface area (Å²) in [6, 6.07) is 0.420. The molecule has 1 atom stereocenters. The lowest BCUT2D eigenvalue weighted by atomic mass is 10.2. The van der Waals surface area contributed by atoms with E-state index in [9.17, 15) is 4.79 Å².